The first-order valence-corrected chi connectivity index (χ1v) is 7.18. The summed E-state index contributed by atoms with van der Waals surface area (Å²) in [5, 5.41) is 0. The van der Waals surface area contributed by atoms with E-state index in [2.05, 4.69) is 4.72 Å². The van der Waals surface area contributed by atoms with E-state index in [-0.39, 0.29) is 12.6 Å². The standard InChI is InChI=1S/C12H20N2O3S/c1-10(2)17-12-7-5-11(6-8-12)9-13-18(15,16)14(3)4/h5-8,10,13H,9H2,1-4H3. The molecule has 0 saturated carbocycles. The number of benzene rings is 1. The lowest BCUT2D eigenvalue weighted by Crippen LogP contribution is -2.35. The van der Waals surface area contributed by atoms with E-state index < -0.39 is 10.2 Å². The first-order chi connectivity index (χ1) is 8.31. The van der Waals surface area contributed by atoms with Crippen LogP contribution in [0.2, 0.25) is 0 Å². The molecule has 0 bridgehead atoms. The van der Waals surface area contributed by atoms with Crippen LogP contribution >= 0.6 is 0 Å². The van der Waals surface area contributed by atoms with E-state index in [1.807, 2.05) is 38.1 Å². The molecule has 0 fully saturated rings. The monoisotopic (exact) mass is 272 g/mol. The van der Waals surface area contributed by atoms with E-state index in [1.165, 1.54) is 14.1 Å². The van der Waals surface area contributed by atoms with Crippen LogP contribution in [0.25, 0.3) is 0 Å². The molecule has 1 rings (SSSR count). The summed E-state index contributed by atoms with van der Waals surface area (Å²) in [6.45, 7) is 4.18. The largest absolute Gasteiger partial charge is 0.491 e. The molecule has 1 aromatic rings. The molecule has 0 amide bonds. The highest BCUT2D eigenvalue weighted by Crippen LogP contribution is 2.13. The number of hydrogen-bond acceptors (Lipinski definition) is 3. The van der Waals surface area contributed by atoms with Gasteiger partial charge in [0.25, 0.3) is 10.2 Å². The fourth-order valence-electron chi connectivity index (χ4n) is 1.26. The number of nitrogens with zero attached hydrogens (tertiary/aromatic N) is 1. The van der Waals surface area contributed by atoms with Crippen molar-refractivity contribution >= 4 is 10.2 Å². The van der Waals surface area contributed by atoms with Crippen molar-refractivity contribution in [3.05, 3.63) is 29.8 Å². The smallest absolute Gasteiger partial charge is 0.279 e. The van der Waals surface area contributed by atoms with Crippen LogP contribution in [0.5, 0.6) is 5.75 Å². The SMILES string of the molecule is CC(C)Oc1ccc(CNS(=O)(=O)N(C)C)cc1. The Kier molecular flexibility index (Phi) is 5.13. The first kappa shape index (κ1) is 14.9. The fourth-order valence-corrected chi connectivity index (χ4v) is 1.87. The van der Waals surface area contributed by atoms with Crippen LogP contribution in [-0.2, 0) is 16.8 Å². The van der Waals surface area contributed by atoms with Gasteiger partial charge >= 0.3 is 0 Å². The molecule has 1 N–H and O–H groups in total. The third-order valence-electron chi connectivity index (χ3n) is 2.23. The summed E-state index contributed by atoms with van der Waals surface area (Å²) in [6.07, 6.45) is 0.128. The van der Waals surface area contributed by atoms with Crippen molar-refractivity contribution < 1.29 is 13.2 Å². The van der Waals surface area contributed by atoms with Crippen molar-refractivity contribution in [2.45, 2.75) is 26.5 Å². The number of hydrogen-bond donors (Lipinski definition) is 1. The lowest BCUT2D eigenvalue weighted by Gasteiger charge is -2.13. The van der Waals surface area contributed by atoms with Gasteiger partial charge in [0.1, 0.15) is 5.75 Å². The molecule has 0 aliphatic rings. The predicted molar refractivity (Wildman–Crippen MR) is 71.7 cm³/mol. The molecule has 5 nitrogen and oxygen atoms in total. The van der Waals surface area contributed by atoms with Crippen molar-refractivity contribution in [2.24, 2.45) is 0 Å². The second kappa shape index (κ2) is 6.17. The fraction of sp³-hybridized carbons (Fsp3) is 0.500. The van der Waals surface area contributed by atoms with Gasteiger partial charge in [0, 0.05) is 20.6 Å². The van der Waals surface area contributed by atoms with Gasteiger partial charge in [0.15, 0.2) is 0 Å². The number of nitrogens with one attached hydrogen (secondary N) is 1. The average Bonchev–Trinajstić information content (AvgIpc) is 2.27. The first-order valence-electron chi connectivity index (χ1n) is 5.74. The van der Waals surface area contributed by atoms with E-state index >= 15 is 0 Å². The molecule has 0 heterocycles. The second-order valence-corrected chi connectivity index (χ2v) is 6.39. The predicted octanol–water partition coefficient (Wildman–Crippen LogP) is 1.37. The molecule has 0 aliphatic carbocycles. The van der Waals surface area contributed by atoms with Crippen molar-refractivity contribution in [1.82, 2.24) is 9.03 Å². The van der Waals surface area contributed by atoms with Crippen LogP contribution in [0.15, 0.2) is 24.3 Å². The summed E-state index contributed by atoms with van der Waals surface area (Å²) in [4.78, 5) is 0. The molecule has 0 spiro atoms. The van der Waals surface area contributed by atoms with Crippen LogP contribution < -0.4 is 9.46 Å². The molecule has 0 aromatic heterocycles. The van der Waals surface area contributed by atoms with E-state index in [4.69, 9.17) is 4.74 Å². The van der Waals surface area contributed by atoms with Crippen molar-refractivity contribution in [1.29, 1.82) is 0 Å². The highest BCUT2D eigenvalue weighted by atomic mass is 32.2. The van der Waals surface area contributed by atoms with Gasteiger partial charge in [-0.25, -0.2) is 0 Å². The van der Waals surface area contributed by atoms with E-state index in [9.17, 15) is 8.42 Å². The molecular formula is C12H20N2O3S. The molecular weight excluding hydrogens is 252 g/mol. The van der Waals surface area contributed by atoms with Crippen LogP contribution in [-0.4, -0.2) is 32.9 Å². The Labute approximate surface area is 109 Å². The number of rotatable bonds is 6. The lowest BCUT2D eigenvalue weighted by molar-refractivity contribution is 0.242. The van der Waals surface area contributed by atoms with Gasteiger partial charge in [-0.05, 0) is 31.5 Å². The third-order valence-corrected chi connectivity index (χ3v) is 3.71. The van der Waals surface area contributed by atoms with Crippen LogP contribution in [0.1, 0.15) is 19.4 Å². The minimum atomic E-state index is -3.37. The van der Waals surface area contributed by atoms with Crippen molar-refractivity contribution in [2.75, 3.05) is 14.1 Å². The average molecular weight is 272 g/mol. The highest BCUT2D eigenvalue weighted by Gasteiger charge is 2.11. The topological polar surface area (TPSA) is 58.6 Å². The van der Waals surface area contributed by atoms with Crippen LogP contribution in [0.4, 0.5) is 0 Å². The maximum Gasteiger partial charge on any atom is 0.279 e. The summed E-state index contributed by atoms with van der Waals surface area (Å²) in [5.41, 5.74) is 0.886. The molecule has 6 heteroatoms. The molecule has 0 unspecified atom stereocenters. The quantitative estimate of drug-likeness (QED) is 0.851. The van der Waals surface area contributed by atoms with Gasteiger partial charge in [-0.15, -0.1) is 0 Å². The molecule has 1 aromatic carbocycles. The molecule has 0 atom stereocenters. The lowest BCUT2D eigenvalue weighted by atomic mass is 10.2. The molecule has 18 heavy (non-hydrogen) atoms. The zero-order chi connectivity index (χ0) is 13.8. The Morgan fingerprint density at radius 1 is 1.22 bits per heavy atom. The van der Waals surface area contributed by atoms with Crippen molar-refractivity contribution in [3.63, 3.8) is 0 Å². The minimum absolute atomic E-state index is 0.128. The summed E-state index contributed by atoms with van der Waals surface area (Å²) in [6, 6.07) is 7.35. The van der Waals surface area contributed by atoms with Crippen LogP contribution in [0.3, 0.4) is 0 Å². The minimum Gasteiger partial charge on any atom is -0.491 e. The summed E-state index contributed by atoms with van der Waals surface area (Å²) in [7, 11) is -0.397. The Balaban J connectivity index is 2.60. The maximum atomic E-state index is 11.5. The van der Waals surface area contributed by atoms with Crippen molar-refractivity contribution in [3.8, 4) is 5.75 Å². The van der Waals surface area contributed by atoms with E-state index in [0.29, 0.717) is 0 Å². The van der Waals surface area contributed by atoms with Gasteiger partial charge in [-0.1, -0.05) is 12.1 Å². The zero-order valence-electron chi connectivity index (χ0n) is 11.2. The summed E-state index contributed by atoms with van der Waals surface area (Å²) >= 11 is 0. The zero-order valence-corrected chi connectivity index (χ0v) is 12.0. The van der Waals surface area contributed by atoms with Gasteiger partial charge in [-0.3, -0.25) is 0 Å². The normalized spacial score (nSPS) is 12.1. The Bertz CT molecular complexity index is 467. The molecule has 0 radical (unpaired) electrons. The van der Waals surface area contributed by atoms with Gasteiger partial charge in [0.05, 0.1) is 6.10 Å². The Morgan fingerprint density at radius 3 is 2.22 bits per heavy atom. The third kappa shape index (κ3) is 4.64. The summed E-state index contributed by atoms with van der Waals surface area (Å²) in [5.74, 6) is 0.782. The van der Waals surface area contributed by atoms with E-state index in [1.54, 1.807) is 0 Å². The Morgan fingerprint density at radius 2 is 1.78 bits per heavy atom. The molecule has 0 aliphatic heterocycles. The van der Waals surface area contributed by atoms with Gasteiger partial charge in [0.2, 0.25) is 0 Å². The Hall–Kier alpha value is -1.11. The van der Waals surface area contributed by atoms with Gasteiger partial charge in [-0.2, -0.15) is 17.4 Å². The second-order valence-electron chi connectivity index (χ2n) is 4.42. The molecule has 0 saturated heterocycles. The van der Waals surface area contributed by atoms with Gasteiger partial charge < -0.3 is 4.74 Å². The maximum absolute atomic E-state index is 11.5. The van der Waals surface area contributed by atoms with E-state index in [0.717, 1.165) is 15.6 Å². The van der Waals surface area contributed by atoms with Crippen LogP contribution in [0, 0.1) is 0 Å². The molecule has 102 valence electrons. The highest BCUT2D eigenvalue weighted by molar-refractivity contribution is 7.87. The summed E-state index contributed by atoms with van der Waals surface area (Å²) < 4.78 is 32.2. The number of ether oxygens (including phenoxy) is 1.